The first-order valence-electron chi connectivity index (χ1n) is 5.94. The highest BCUT2D eigenvalue weighted by atomic mass is 19.1. The van der Waals surface area contributed by atoms with Gasteiger partial charge in [0.05, 0.1) is 6.54 Å². The van der Waals surface area contributed by atoms with Gasteiger partial charge in [-0.1, -0.05) is 0 Å². The van der Waals surface area contributed by atoms with Crippen LogP contribution < -0.4 is 10.2 Å². The third-order valence-electron chi connectivity index (χ3n) is 3.04. The molecule has 0 saturated carbocycles. The number of carbonyl (C=O) groups is 1. The Morgan fingerprint density at radius 3 is 2.76 bits per heavy atom. The topological polar surface area (TPSA) is 32.3 Å². The molecule has 1 N–H and O–H groups in total. The maximum Gasteiger partial charge on any atom is 0.178 e. The highest BCUT2D eigenvalue weighted by Gasteiger charge is 2.19. The molecule has 1 fully saturated rings. The van der Waals surface area contributed by atoms with E-state index in [0.717, 1.165) is 31.6 Å². The summed E-state index contributed by atoms with van der Waals surface area (Å²) in [7, 11) is 1.72. The van der Waals surface area contributed by atoms with E-state index in [0.29, 0.717) is 5.56 Å². The number of ketones is 1. The van der Waals surface area contributed by atoms with Crippen LogP contribution in [-0.4, -0.2) is 32.5 Å². The van der Waals surface area contributed by atoms with Gasteiger partial charge in [-0.05, 0) is 38.1 Å². The Bertz CT molecular complexity index is 414. The highest BCUT2D eigenvalue weighted by Crippen LogP contribution is 2.25. The minimum absolute atomic E-state index is 0.0612. The van der Waals surface area contributed by atoms with E-state index in [9.17, 15) is 9.18 Å². The molecule has 1 saturated heterocycles. The SMILES string of the molecule is CNCC(=O)c1cc(F)ccc1N1CCCC1. The van der Waals surface area contributed by atoms with Crippen LogP contribution in [0.3, 0.4) is 0 Å². The molecule has 1 aliphatic rings. The number of halogens is 1. The first-order chi connectivity index (χ1) is 8.22. The molecular formula is C13H17FN2O. The van der Waals surface area contributed by atoms with Gasteiger partial charge in [0.1, 0.15) is 5.82 Å². The Morgan fingerprint density at radius 2 is 2.12 bits per heavy atom. The number of anilines is 1. The van der Waals surface area contributed by atoms with Crippen molar-refractivity contribution in [3.63, 3.8) is 0 Å². The predicted octanol–water partition coefficient (Wildman–Crippen LogP) is 1.83. The normalized spacial score (nSPS) is 15.3. The van der Waals surface area contributed by atoms with Crippen LogP contribution in [0.1, 0.15) is 23.2 Å². The third kappa shape index (κ3) is 2.64. The molecule has 1 heterocycles. The van der Waals surface area contributed by atoms with Crippen LogP contribution in [0.2, 0.25) is 0 Å². The standard InChI is InChI=1S/C13H17FN2O/c1-15-9-13(17)11-8-10(14)4-5-12(11)16-6-2-3-7-16/h4-5,8,15H,2-3,6-7,9H2,1H3. The fourth-order valence-corrected chi connectivity index (χ4v) is 2.22. The maximum atomic E-state index is 13.2. The Balaban J connectivity index is 2.33. The van der Waals surface area contributed by atoms with Crippen LogP contribution in [0, 0.1) is 5.82 Å². The molecule has 0 bridgehead atoms. The molecule has 0 aromatic heterocycles. The molecule has 0 aliphatic carbocycles. The molecule has 0 radical (unpaired) electrons. The summed E-state index contributed by atoms with van der Waals surface area (Å²) in [6, 6.07) is 4.47. The van der Waals surface area contributed by atoms with E-state index in [1.165, 1.54) is 12.1 Å². The lowest BCUT2D eigenvalue weighted by molar-refractivity contribution is 0.0993. The summed E-state index contributed by atoms with van der Waals surface area (Å²) in [5.41, 5.74) is 1.35. The van der Waals surface area contributed by atoms with Crippen molar-refractivity contribution in [1.82, 2.24) is 5.32 Å². The second kappa shape index (κ2) is 5.27. The predicted molar refractivity (Wildman–Crippen MR) is 66.1 cm³/mol. The molecule has 2 rings (SSSR count). The zero-order chi connectivity index (χ0) is 12.3. The molecule has 92 valence electrons. The fourth-order valence-electron chi connectivity index (χ4n) is 2.22. The quantitative estimate of drug-likeness (QED) is 0.809. The second-order valence-corrected chi connectivity index (χ2v) is 4.31. The molecule has 0 spiro atoms. The average Bonchev–Trinajstić information content (AvgIpc) is 2.82. The number of nitrogens with zero attached hydrogens (tertiary/aromatic N) is 1. The minimum atomic E-state index is -0.354. The van der Waals surface area contributed by atoms with Gasteiger partial charge in [0.25, 0.3) is 0 Å². The van der Waals surface area contributed by atoms with Gasteiger partial charge in [-0.15, -0.1) is 0 Å². The van der Waals surface area contributed by atoms with Gasteiger partial charge in [-0.25, -0.2) is 4.39 Å². The summed E-state index contributed by atoms with van der Waals surface area (Å²) in [5.74, 6) is -0.415. The van der Waals surface area contributed by atoms with Crippen molar-refractivity contribution >= 4 is 11.5 Å². The van der Waals surface area contributed by atoms with E-state index >= 15 is 0 Å². The summed E-state index contributed by atoms with van der Waals surface area (Å²) >= 11 is 0. The highest BCUT2D eigenvalue weighted by molar-refractivity contribution is 6.02. The van der Waals surface area contributed by atoms with Gasteiger partial charge in [-0.2, -0.15) is 0 Å². The summed E-state index contributed by atoms with van der Waals surface area (Å²) in [6.07, 6.45) is 2.27. The Labute approximate surface area is 101 Å². The van der Waals surface area contributed by atoms with Crippen LogP contribution in [0.15, 0.2) is 18.2 Å². The first-order valence-corrected chi connectivity index (χ1v) is 5.94. The molecule has 1 aliphatic heterocycles. The van der Waals surface area contributed by atoms with Crippen LogP contribution in [0.5, 0.6) is 0 Å². The van der Waals surface area contributed by atoms with Crippen molar-refractivity contribution in [3.05, 3.63) is 29.6 Å². The number of hydrogen-bond donors (Lipinski definition) is 1. The van der Waals surface area contributed by atoms with Crippen molar-refractivity contribution in [1.29, 1.82) is 0 Å². The summed E-state index contributed by atoms with van der Waals surface area (Å²) in [4.78, 5) is 14.1. The number of rotatable bonds is 4. The number of nitrogens with one attached hydrogen (secondary N) is 1. The zero-order valence-electron chi connectivity index (χ0n) is 10.0. The van der Waals surface area contributed by atoms with Gasteiger partial charge in [0, 0.05) is 24.3 Å². The minimum Gasteiger partial charge on any atom is -0.371 e. The van der Waals surface area contributed by atoms with Crippen molar-refractivity contribution in [3.8, 4) is 0 Å². The number of hydrogen-bond acceptors (Lipinski definition) is 3. The van der Waals surface area contributed by atoms with E-state index in [1.807, 2.05) is 0 Å². The average molecular weight is 236 g/mol. The third-order valence-corrected chi connectivity index (χ3v) is 3.04. The molecule has 3 nitrogen and oxygen atoms in total. The summed E-state index contributed by atoms with van der Waals surface area (Å²) in [5, 5.41) is 2.81. The fraction of sp³-hybridized carbons (Fsp3) is 0.462. The van der Waals surface area contributed by atoms with E-state index < -0.39 is 0 Å². The number of benzene rings is 1. The Morgan fingerprint density at radius 1 is 1.41 bits per heavy atom. The van der Waals surface area contributed by atoms with Gasteiger partial charge in [0.15, 0.2) is 5.78 Å². The second-order valence-electron chi connectivity index (χ2n) is 4.31. The lowest BCUT2D eigenvalue weighted by atomic mass is 10.1. The van der Waals surface area contributed by atoms with E-state index in [2.05, 4.69) is 10.2 Å². The lowest BCUT2D eigenvalue weighted by Gasteiger charge is -2.20. The van der Waals surface area contributed by atoms with E-state index in [1.54, 1.807) is 13.1 Å². The van der Waals surface area contributed by atoms with Crippen LogP contribution in [-0.2, 0) is 0 Å². The summed E-state index contributed by atoms with van der Waals surface area (Å²) < 4.78 is 13.2. The number of Topliss-reactive ketones (excluding diaryl/α,β-unsaturated/α-hetero) is 1. The molecule has 0 atom stereocenters. The Hall–Kier alpha value is -1.42. The zero-order valence-corrected chi connectivity index (χ0v) is 10.0. The maximum absolute atomic E-state index is 13.2. The smallest absolute Gasteiger partial charge is 0.178 e. The monoisotopic (exact) mass is 236 g/mol. The van der Waals surface area contributed by atoms with Gasteiger partial charge >= 0.3 is 0 Å². The molecule has 0 amide bonds. The van der Waals surface area contributed by atoms with Crippen LogP contribution in [0.25, 0.3) is 0 Å². The molecular weight excluding hydrogens is 219 g/mol. The van der Waals surface area contributed by atoms with E-state index in [4.69, 9.17) is 0 Å². The number of carbonyl (C=O) groups excluding carboxylic acids is 1. The largest absolute Gasteiger partial charge is 0.371 e. The lowest BCUT2D eigenvalue weighted by Crippen LogP contribution is -2.24. The van der Waals surface area contributed by atoms with Crippen molar-refractivity contribution in [2.45, 2.75) is 12.8 Å². The molecule has 1 aromatic carbocycles. The van der Waals surface area contributed by atoms with Gasteiger partial charge in [-0.3, -0.25) is 4.79 Å². The molecule has 1 aromatic rings. The first kappa shape index (κ1) is 12.0. The summed E-state index contributed by atoms with van der Waals surface area (Å²) in [6.45, 7) is 2.14. The van der Waals surface area contributed by atoms with Crippen LogP contribution in [0.4, 0.5) is 10.1 Å². The van der Waals surface area contributed by atoms with Crippen molar-refractivity contribution in [2.75, 3.05) is 31.6 Å². The number of likely N-dealkylation sites (N-methyl/N-ethyl adjacent to an activating group) is 1. The van der Waals surface area contributed by atoms with Gasteiger partial charge in [0.2, 0.25) is 0 Å². The molecule has 17 heavy (non-hydrogen) atoms. The van der Waals surface area contributed by atoms with Crippen LogP contribution >= 0.6 is 0 Å². The Kier molecular flexibility index (Phi) is 3.74. The van der Waals surface area contributed by atoms with Crippen molar-refractivity contribution in [2.24, 2.45) is 0 Å². The van der Waals surface area contributed by atoms with Gasteiger partial charge < -0.3 is 10.2 Å². The molecule has 4 heteroatoms. The van der Waals surface area contributed by atoms with Crippen molar-refractivity contribution < 1.29 is 9.18 Å². The molecule has 0 unspecified atom stereocenters. The van der Waals surface area contributed by atoms with E-state index in [-0.39, 0.29) is 18.1 Å².